The molecule has 3 N–H and O–H groups in total. The first kappa shape index (κ1) is 12.4. The average molecular weight is 229 g/mol. The maximum absolute atomic E-state index is 11.5. The van der Waals surface area contributed by atoms with E-state index in [-0.39, 0.29) is 5.91 Å². The maximum Gasteiger partial charge on any atom is 0.234 e. The van der Waals surface area contributed by atoms with E-state index in [0.717, 1.165) is 19.0 Å². The van der Waals surface area contributed by atoms with Gasteiger partial charge in [0.15, 0.2) is 0 Å². The number of carbonyl (C=O) groups is 1. The summed E-state index contributed by atoms with van der Waals surface area (Å²) in [7, 11) is 0. The number of amides is 1. The highest BCUT2D eigenvalue weighted by Crippen LogP contribution is 2.27. The van der Waals surface area contributed by atoms with Crippen molar-refractivity contribution in [2.45, 2.75) is 19.8 Å². The van der Waals surface area contributed by atoms with E-state index in [0.29, 0.717) is 18.1 Å². The zero-order valence-corrected chi connectivity index (χ0v) is 9.98. The second kappa shape index (κ2) is 6.02. The Hall–Kier alpha value is -0.680. The molecule has 1 aliphatic rings. The summed E-state index contributed by atoms with van der Waals surface area (Å²) in [5.74, 6) is 0.791. The predicted molar refractivity (Wildman–Crippen MR) is 64.6 cm³/mol. The molecule has 5 heteroatoms. The molecule has 1 saturated carbocycles. The van der Waals surface area contributed by atoms with Crippen LogP contribution in [0.15, 0.2) is 0 Å². The van der Waals surface area contributed by atoms with Crippen LogP contribution in [-0.4, -0.2) is 42.0 Å². The van der Waals surface area contributed by atoms with Gasteiger partial charge in [0.05, 0.1) is 11.5 Å². The molecular weight excluding hydrogens is 210 g/mol. The number of nitrogens with zero attached hydrogens (tertiary/aromatic N) is 1. The van der Waals surface area contributed by atoms with Crippen molar-refractivity contribution in [1.29, 1.82) is 0 Å². The van der Waals surface area contributed by atoms with E-state index >= 15 is 0 Å². The molecule has 0 aliphatic heterocycles. The van der Waals surface area contributed by atoms with Crippen LogP contribution in [0.2, 0.25) is 0 Å². The molecule has 0 unspecified atom stereocenters. The Morgan fingerprint density at radius 2 is 2.20 bits per heavy atom. The van der Waals surface area contributed by atoms with Gasteiger partial charge in [-0.05, 0) is 25.3 Å². The second-order valence-electron chi connectivity index (χ2n) is 4.02. The van der Waals surface area contributed by atoms with E-state index in [9.17, 15) is 4.79 Å². The van der Waals surface area contributed by atoms with Gasteiger partial charge in [0.2, 0.25) is 5.91 Å². The molecular formula is C10H19N3OS. The maximum atomic E-state index is 11.5. The number of thiocarbonyl (C=S) groups is 1. The molecule has 0 aromatic carbocycles. The first-order valence-electron chi connectivity index (χ1n) is 5.39. The summed E-state index contributed by atoms with van der Waals surface area (Å²) in [6.45, 7) is 4.51. The van der Waals surface area contributed by atoms with Crippen molar-refractivity contribution in [3.05, 3.63) is 0 Å². The third-order valence-corrected chi connectivity index (χ3v) is 2.61. The molecule has 1 fully saturated rings. The summed E-state index contributed by atoms with van der Waals surface area (Å²) < 4.78 is 0. The van der Waals surface area contributed by atoms with Gasteiger partial charge in [0.1, 0.15) is 0 Å². The van der Waals surface area contributed by atoms with E-state index in [4.69, 9.17) is 18.0 Å². The minimum atomic E-state index is 0.0694. The third kappa shape index (κ3) is 5.69. The Bertz CT molecular complexity index is 241. The molecule has 0 spiro atoms. The summed E-state index contributed by atoms with van der Waals surface area (Å²) in [6, 6.07) is 0. The van der Waals surface area contributed by atoms with Gasteiger partial charge in [-0.25, -0.2) is 0 Å². The fourth-order valence-corrected chi connectivity index (χ4v) is 1.52. The highest BCUT2D eigenvalue weighted by atomic mass is 32.1. The fraction of sp³-hybridized carbons (Fsp3) is 0.800. The minimum absolute atomic E-state index is 0.0694. The first-order valence-corrected chi connectivity index (χ1v) is 5.80. The van der Waals surface area contributed by atoms with Crippen LogP contribution in [0.1, 0.15) is 19.8 Å². The standard InChI is InChI=1S/C10H19N3OS/c1-2-13(6-9(11)15)7-10(14)12-5-8-3-4-8/h8H,2-7H2,1H3,(H2,11,15)(H,12,14). The molecule has 1 rings (SSSR count). The van der Waals surface area contributed by atoms with Crippen LogP contribution in [0, 0.1) is 5.92 Å². The van der Waals surface area contributed by atoms with Crippen LogP contribution in [0.3, 0.4) is 0 Å². The lowest BCUT2D eigenvalue weighted by Crippen LogP contribution is -2.41. The van der Waals surface area contributed by atoms with Crippen molar-refractivity contribution >= 4 is 23.1 Å². The summed E-state index contributed by atoms with van der Waals surface area (Å²) in [5.41, 5.74) is 5.43. The van der Waals surface area contributed by atoms with Crippen molar-refractivity contribution < 1.29 is 4.79 Å². The zero-order chi connectivity index (χ0) is 11.3. The van der Waals surface area contributed by atoms with Gasteiger partial charge in [-0.1, -0.05) is 19.1 Å². The lowest BCUT2D eigenvalue weighted by Gasteiger charge is -2.18. The molecule has 0 heterocycles. The zero-order valence-electron chi connectivity index (χ0n) is 9.16. The first-order chi connectivity index (χ1) is 7.11. The lowest BCUT2D eigenvalue weighted by molar-refractivity contribution is -0.122. The van der Waals surface area contributed by atoms with Crippen LogP contribution in [0.5, 0.6) is 0 Å². The Labute approximate surface area is 96.2 Å². The molecule has 0 aromatic heterocycles. The molecule has 0 bridgehead atoms. The van der Waals surface area contributed by atoms with Crippen molar-refractivity contribution in [2.24, 2.45) is 11.7 Å². The van der Waals surface area contributed by atoms with Crippen molar-refractivity contribution in [1.82, 2.24) is 10.2 Å². The number of hydrogen-bond acceptors (Lipinski definition) is 3. The lowest BCUT2D eigenvalue weighted by atomic mass is 10.4. The van der Waals surface area contributed by atoms with E-state index in [2.05, 4.69) is 5.32 Å². The van der Waals surface area contributed by atoms with Crippen molar-refractivity contribution in [3.8, 4) is 0 Å². The van der Waals surface area contributed by atoms with Crippen molar-refractivity contribution in [3.63, 3.8) is 0 Å². The Balaban J connectivity index is 2.17. The Kier molecular flexibility index (Phi) is 4.98. The van der Waals surface area contributed by atoms with E-state index in [1.165, 1.54) is 12.8 Å². The van der Waals surface area contributed by atoms with Gasteiger partial charge in [-0.2, -0.15) is 0 Å². The third-order valence-electron chi connectivity index (χ3n) is 2.48. The van der Waals surface area contributed by atoms with Gasteiger partial charge >= 0.3 is 0 Å². The van der Waals surface area contributed by atoms with Gasteiger partial charge in [-0.3, -0.25) is 9.69 Å². The normalized spacial score (nSPS) is 15.3. The summed E-state index contributed by atoms with van der Waals surface area (Å²) in [6.07, 6.45) is 2.51. The van der Waals surface area contributed by atoms with E-state index < -0.39 is 0 Å². The number of nitrogens with two attached hydrogens (primary N) is 1. The summed E-state index contributed by atoms with van der Waals surface area (Å²) in [5, 5.41) is 2.92. The van der Waals surface area contributed by atoms with Gasteiger partial charge in [0.25, 0.3) is 0 Å². The number of nitrogens with one attached hydrogen (secondary N) is 1. The molecule has 86 valence electrons. The van der Waals surface area contributed by atoms with E-state index in [1.807, 2.05) is 11.8 Å². The highest BCUT2D eigenvalue weighted by molar-refractivity contribution is 7.80. The van der Waals surface area contributed by atoms with Gasteiger partial charge < -0.3 is 11.1 Å². The number of carbonyl (C=O) groups excluding carboxylic acids is 1. The van der Waals surface area contributed by atoms with Gasteiger partial charge in [-0.15, -0.1) is 0 Å². The predicted octanol–water partition coefficient (Wildman–Crippen LogP) is 0.121. The smallest absolute Gasteiger partial charge is 0.234 e. The monoisotopic (exact) mass is 229 g/mol. The molecule has 0 aromatic rings. The van der Waals surface area contributed by atoms with Crippen LogP contribution in [-0.2, 0) is 4.79 Å². The fourth-order valence-electron chi connectivity index (χ4n) is 1.34. The quantitative estimate of drug-likeness (QED) is 0.609. The number of rotatable bonds is 7. The highest BCUT2D eigenvalue weighted by Gasteiger charge is 2.21. The average Bonchev–Trinajstić information content (AvgIpc) is 2.96. The summed E-state index contributed by atoms with van der Waals surface area (Å²) >= 11 is 4.81. The number of hydrogen-bond donors (Lipinski definition) is 2. The second-order valence-corrected chi connectivity index (χ2v) is 4.54. The Morgan fingerprint density at radius 3 is 2.67 bits per heavy atom. The topological polar surface area (TPSA) is 58.4 Å². The minimum Gasteiger partial charge on any atom is -0.392 e. The number of likely N-dealkylation sites (N-methyl/N-ethyl adjacent to an activating group) is 1. The molecule has 1 aliphatic carbocycles. The summed E-state index contributed by atoms with van der Waals surface area (Å²) in [4.78, 5) is 13.9. The van der Waals surface area contributed by atoms with Crippen LogP contribution in [0.25, 0.3) is 0 Å². The van der Waals surface area contributed by atoms with Crippen LogP contribution in [0.4, 0.5) is 0 Å². The largest absolute Gasteiger partial charge is 0.392 e. The molecule has 15 heavy (non-hydrogen) atoms. The van der Waals surface area contributed by atoms with Gasteiger partial charge in [0, 0.05) is 13.1 Å². The van der Waals surface area contributed by atoms with E-state index in [1.54, 1.807) is 0 Å². The molecule has 4 nitrogen and oxygen atoms in total. The van der Waals surface area contributed by atoms with Crippen LogP contribution < -0.4 is 11.1 Å². The SMILES string of the molecule is CCN(CC(=O)NCC1CC1)CC(N)=S. The molecule has 0 saturated heterocycles. The molecule has 0 radical (unpaired) electrons. The Morgan fingerprint density at radius 1 is 1.53 bits per heavy atom. The molecule has 0 atom stereocenters. The van der Waals surface area contributed by atoms with Crippen LogP contribution >= 0.6 is 12.2 Å². The molecule has 1 amide bonds. The van der Waals surface area contributed by atoms with Crippen molar-refractivity contribution in [2.75, 3.05) is 26.2 Å².